The van der Waals surface area contributed by atoms with Crippen LogP contribution in [0.1, 0.15) is 30.1 Å². The maximum Gasteiger partial charge on any atom is 0.344 e. The standard InChI is InChI=1S/C23H21NO7/c1-2-3-21(26)24-17-8-4-15(5-9-17)19(25)13-30-23(28)14-29-18-10-6-16-7-11-22(27)31-20(16)12-18/h4-12H,2-3,13-14H2,1H3,(H,24,26). The predicted octanol–water partition coefficient (Wildman–Crippen LogP) is 3.34. The molecule has 0 atom stereocenters. The van der Waals surface area contributed by atoms with Gasteiger partial charge in [-0.05, 0) is 48.9 Å². The van der Waals surface area contributed by atoms with Gasteiger partial charge in [0.15, 0.2) is 19.0 Å². The minimum Gasteiger partial charge on any atom is -0.482 e. The molecule has 0 spiro atoms. The summed E-state index contributed by atoms with van der Waals surface area (Å²) < 4.78 is 15.4. The summed E-state index contributed by atoms with van der Waals surface area (Å²) in [7, 11) is 0. The Hall–Kier alpha value is -3.94. The van der Waals surface area contributed by atoms with Gasteiger partial charge in [0.05, 0.1) is 0 Å². The Labute approximate surface area is 177 Å². The lowest BCUT2D eigenvalue weighted by Gasteiger charge is -2.08. The number of benzene rings is 2. The van der Waals surface area contributed by atoms with Gasteiger partial charge in [-0.1, -0.05) is 6.92 Å². The fraction of sp³-hybridized carbons (Fsp3) is 0.217. The van der Waals surface area contributed by atoms with Crippen LogP contribution in [0, 0.1) is 0 Å². The van der Waals surface area contributed by atoms with Gasteiger partial charge in [-0.15, -0.1) is 0 Å². The molecule has 3 aromatic rings. The van der Waals surface area contributed by atoms with E-state index in [1.807, 2.05) is 6.92 Å². The number of hydrogen-bond acceptors (Lipinski definition) is 7. The molecular formula is C23H21NO7. The number of nitrogens with one attached hydrogen (secondary N) is 1. The maximum atomic E-state index is 12.2. The Morgan fingerprint density at radius 1 is 0.968 bits per heavy atom. The topological polar surface area (TPSA) is 112 Å². The van der Waals surface area contributed by atoms with Crippen LogP contribution in [-0.4, -0.2) is 30.9 Å². The molecule has 3 rings (SSSR count). The summed E-state index contributed by atoms with van der Waals surface area (Å²) in [5, 5.41) is 3.45. The number of hydrogen-bond donors (Lipinski definition) is 1. The van der Waals surface area contributed by atoms with E-state index in [9.17, 15) is 19.2 Å². The minimum atomic E-state index is -0.716. The second-order valence-corrected chi connectivity index (χ2v) is 6.70. The van der Waals surface area contributed by atoms with Crippen LogP contribution in [0.2, 0.25) is 0 Å². The van der Waals surface area contributed by atoms with Gasteiger partial charge in [-0.25, -0.2) is 9.59 Å². The zero-order valence-electron chi connectivity index (χ0n) is 16.9. The largest absolute Gasteiger partial charge is 0.482 e. The SMILES string of the molecule is CCCC(=O)Nc1ccc(C(=O)COC(=O)COc2ccc3ccc(=O)oc3c2)cc1. The van der Waals surface area contributed by atoms with Crippen LogP contribution in [0.3, 0.4) is 0 Å². The molecule has 0 fully saturated rings. The van der Waals surface area contributed by atoms with Gasteiger partial charge >= 0.3 is 11.6 Å². The van der Waals surface area contributed by atoms with Gasteiger partial charge in [0.2, 0.25) is 5.91 Å². The molecule has 1 aromatic heterocycles. The van der Waals surface area contributed by atoms with Crippen LogP contribution in [0.25, 0.3) is 11.0 Å². The van der Waals surface area contributed by atoms with Crippen molar-refractivity contribution >= 4 is 34.3 Å². The van der Waals surface area contributed by atoms with E-state index in [-0.39, 0.29) is 11.7 Å². The summed E-state index contributed by atoms with van der Waals surface area (Å²) in [4.78, 5) is 46.9. The van der Waals surface area contributed by atoms with E-state index in [1.54, 1.807) is 42.5 Å². The van der Waals surface area contributed by atoms with E-state index in [0.717, 1.165) is 11.8 Å². The Morgan fingerprint density at radius 2 is 1.71 bits per heavy atom. The molecule has 160 valence electrons. The second-order valence-electron chi connectivity index (χ2n) is 6.70. The van der Waals surface area contributed by atoms with E-state index < -0.39 is 24.8 Å². The first-order chi connectivity index (χ1) is 14.9. The molecule has 1 heterocycles. The molecule has 0 saturated carbocycles. The highest BCUT2D eigenvalue weighted by Gasteiger charge is 2.12. The lowest BCUT2D eigenvalue weighted by molar-refractivity contribution is -0.144. The van der Waals surface area contributed by atoms with Gasteiger partial charge < -0.3 is 19.2 Å². The molecule has 0 aliphatic carbocycles. The van der Waals surface area contributed by atoms with E-state index in [2.05, 4.69) is 5.32 Å². The first kappa shape index (κ1) is 21.8. The zero-order chi connectivity index (χ0) is 22.2. The second kappa shape index (κ2) is 10.2. The number of Topliss-reactive ketones (excluding diaryl/α,β-unsaturated/α-hetero) is 1. The molecule has 0 aliphatic rings. The van der Waals surface area contributed by atoms with Gasteiger partial charge in [0.25, 0.3) is 0 Å². The average Bonchev–Trinajstić information content (AvgIpc) is 2.76. The molecule has 8 nitrogen and oxygen atoms in total. The van der Waals surface area contributed by atoms with E-state index in [4.69, 9.17) is 13.9 Å². The smallest absolute Gasteiger partial charge is 0.344 e. The number of carbonyl (C=O) groups excluding carboxylic acids is 3. The maximum absolute atomic E-state index is 12.2. The summed E-state index contributed by atoms with van der Waals surface area (Å²) in [6.07, 6.45) is 1.17. The summed E-state index contributed by atoms with van der Waals surface area (Å²) in [6.45, 7) is 1.07. The first-order valence-corrected chi connectivity index (χ1v) is 9.70. The van der Waals surface area contributed by atoms with Crippen LogP contribution >= 0.6 is 0 Å². The van der Waals surface area contributed by atoms with Crippen molar-refractivity contribution in [2.75, 3.05) is 18.5 Å². The van der Waals surface area contributed by atoms with Crippen molar-refractivity contribution in [3.63, 3.8) is 0 Å². The van der Waals surface area contributed by atoms with Crippen molar-refractivity contribution in [2.45, 2.75) is 19.8 Å². The fourth-order valence-corrected chi connectivity index (χ4v) is 2.73. The van der Waals surface area contributed by atoms with E-state index in [0.29, 0.717) is 29.0 Å². The van der Waals surface area contributed by atoms with Crippen LogP contribution in [-0.2, 0) is 14.3 Å². The normalized spacial score (nSPS) is 10.5. The molecule has 0 bridgehead atoms. The highest BCUT2D eigenvalue weighted by Crippen LogP contribution is 2.19. The number of fused-ring (bicyclic) bond motifs is 1. The highest BCUT2D eigenvalue weighted by atomic mass is 16.6. The molecule has 0 aliphatic heterocycles. The summed E-state index contributed by atoms with van der Waals surface area (Å²) in [5.41, 5.74) is 0.792. The van der Waals surface area contributed by atoms with Crippen molar-refractivity contribution in [3.05, 3.63) is 70.6 Å². The summed E-state index contributed by atoms with van der Waals surface area (Å²) >= 11 is 0. The molecule has 8 heteroatoms. The highest BCUT2D eigenvalue weighted by molar-refractivity contribution is 5.98. The number of ketones is 1. The van der Waals surface area contributed by atoms with Crippen molar-refractivity contribution < 1.29 is 28.3 Å². The third-order valence-corrected chi connectivity index (χ3v) is 4.28. The monoisotopic (exact) mass is 423 g/mol. The molecule has 31 heavy (non-hydrogen) atoms. The van der Waals surface area contributed by atoms with Gasteiger partial charge in [0.1, 0.15) is 11.3 Å². The first-order valence-electron chi connectivity index (χ1n) is 9.70. The quantitative estimate of drug-likeness (QED) is 0.319. The zero-order valence-corrected chi connectivity index (χ0v) is 16.9. The van der Waals surface area contributed by atoms with E-state index >= 15 is 0 Å². The number of rotatable bonds is 9. The van der Waals surface area contributed by atoms with Crippen molar-refractivity contribution in [1.82, 2.24) is 0 Å². The molecule has 1 amide bonds. The van der Waals surface area contributed by atoms with E-state index in [1.165, 1.54) is 12.1 Å². The lowest BCUT2D eigenvalue weighted by atomic mass is 10.1. The lowest BCUT2D eigenvalue weighted by Crippen LogP contribution is -2.19. The third-order valence-electron chi connectivity index (χ3n) is 4.28. The predicted molar refractivity (Wildman–Crippen MR) is 113 cm³/mol. The molecule has 0 saturated heterocycles. The van der Waals surface area contributed by atoms with Crippen molar-refractivity contribution in [2.24, 2.45) is 0 Å². The van der Waals surface area contributed by atoms with Gasteiger partial charge in [0, 0.05) is 35.2 Å². The number of amides is 1. The van der Waals surface area contributed by atoms with Crippen LogP contribution in [0.5, 0.6) is 5.75 Å². The van der Waals surface area contributed by atoms with Crippen LogP contribution in [0.15, 0.2) is 63.8 Å². The van der Waals surface area contributed by atoms with Crippen LogP contribution < -0.4 is 15.7 Å². The number of anilines is 1. The Morgan fingerprint density at radius 3 is 2.45 bits per heavy atom. The molecule has 0 radical (unpaired) electrons. The molecule has 2 aromatic carbocycles. The number of carbonyl (C=O) groups is 3. The Bertz CT molecular complexity index is 1150. The summed E-state index contributed by atoms with van der Waals surface area (Å²) in [6, 6.07) is 14.1. The minimum absolute atomic E-state index is 0.0935. The van der Waals surface area contributed by atoms with Gasteiger partial charge in [-0.2, -0.15) is 0 Å². The fourth-order valence-electron chi connectivity index (χ4n) is 2.73. The Kier molecular flexibility index (Phi) is 7.16. The molecule has 1 N–H and O–H groups in total. The number of esters is 1. The summed E-state index contributed by atoms with van der Waals surface area (Å²) in [5.74, 6) is -0.867. The molecule has 0 unspecified atom stereocenters. The van der Waals surface area contributed by atoms with Crippen LogP contribution in [0.4, 0.5) is 5.69 Å². The van der Waals surface area contributed by atoms with Gasteiger partial charge in [-0.3, -0.25) is 9.59 Å². The Balaban J connectivity index is 1.47. The van der Waals surface area contributed by atoms with Crippen molar-refractivity contribution in [1.29, 1.82) is 0 Å². The average molecular weight is 423 g/mol. The number of ether oxygens (including phenoxy) is 2. The molecular weight excluding hydrogens is 402 g/mol. The third kappa shape index (κ3) is 6.27. The van der Waals surface area contributed by atoms with Crippen molar-refractivity contribution in [3.8, 4) is 5.75 Å².